The molecule has 18 heavy (non-hydrogen) atoms. The van der Waals surface area contributed by atoms with E-state index in [0.717, 1.165) is 0 Å². The number of rotatable bonds is 4. The summed E-state index contributed by atoms with van der Waals surface area (Å²) in [5, 5.41) is 2.94. The van der Waals surface area contributed by atoms with Gasteiger partial charge in [-0.25, -0.2) is 4.79 Å². The van der Waals surface area contributed by atoms with Crippen molar-refractivity contribution in [3.05, 3.63) is 41.8 Å². The molecule has 0 aliphatic rings. The number of nitrogens with zero attached hydrogens (tertiary/aromatic N) is 1. The minimum atomic E-state index is -0.395. The van der Waals surface area contributed by atoms with E-state index >= 15 is 0 Å². The quantitative estimate of drug-likeness (QED) is 0.798. The Morgan fingerprint density at radius 3 is 3.06 bits per heavy atom. The third-order valence-electron chi connectivity index (χ3n) is 2.30. The zero-order chi connectivity index (χ0) is 13.0. The van der Waals surface area contributed by atoms with Crippen LogP contribution in [0.1, 0.15) is 16.1 Å². The van der Waals surface area contributed by atoms with Crippen molar-refractivity contribution in [2.75, 3.05) is 12.4 Å². The summed E-state index contributed by atoms with van der Waals surface area (Å²) >= 11 is 0. The fraction of sp³-hybridized carbons (Fsp3) is 0.167. The lowest BCUT2D eigenvalue weighted by atomic mass is 10.2. The number of aromatic nitrogens is 1. The summed E-state index contributed by atoms with van der Waals surface area (Å²) in [6, 6.07) is 7.17. The van der Waals surface area contributed by atoms with Gasteiger partial charge in [-0.3, -0.25) is 0 Å². The van der Waals surface area contributed by atoms with Crippen LogP contribution in [-0.4, -0.2) is 18.1 Å². The average molecular weight is 247 g/mol. The van der Waals surface area contributed by atoms with E-state index in [1.165, 1.54) is 13.4 Å². The molecule has 6 nitrogen and oxygen atoms in total. The Morgan fingerprint density at radius 1 is 1.56 bits per heavy atom. The van der Waals surface area contributed by atoms with Crippen molar-refractivity contribution in [2.24, 2.45) is 5.73 Å². The monoisotopic (exact) mass is 247 g/mol. The number of ether oxygens (including phenoxy) is 1. The van der Waals surface area contributed by atoms with E-state index in [9.17, 15) is 4.79 Å². The van der Waals surface area contributed by atoms with E-state index in [-0.39, 0.29) is 0 Å². The molecule has 0 fully saturated rings. The number of methoxy groups -OCH3 is 1. The second-order valence-corrected chi connectivity index (χ2v) is 3.55. The second-order valence-electron chi connectivity index (χ2n) is 3.55. The predicted octanol–water partition coefficient (Wildman–Crippen LogP) is 1.66. The standard InChI is InChI=1S/C12H13N3O3/c1-17-11(16)8-3-2-4-9(5-8)14-12-15-10(6-13)7-18-12/h2-5,7H,6,13H2,1H3,(H,14,15). The van der Waals surface area contributed by atoms with Gasteiger partial charge in [0.15, 0.2) is 0 Å². The molecule has 94 valence electrons. The fourth-order valence-electron chi connectivity index (χ4n) is 1.42. The molecular weight excluding hydrogens is 234 g/mol. The molecule has 0 bridgehead atoms. The molecule has 0 atom stereocenters. The van der Waals surface area contributed by atoms with Gasteiger partial charge in [0.25, 0.3) is 6.01 Å². The first-order chi connectivity index (χ1) is 8.72. The molecule has 3 N–H and O–H groups in total. The summed E-state index contributed by atoms with van der Waals surface area (Å²) in [6.07, 6.45) is 1.48. The van der Waals surface area contributed by atoms with Crippen molar-refractivity contribution in [3.8, 4) is 0 Å². The van der Waals surface area contributed by atoms with Gasteiger partial charge in [0.1, 0.15) is 6.26 Å². The zero-order valence-corrected chi connectivity index (χ0v) is 9.84. The molecule has 0 aliphatic carbocycles. The topological polar surface area (TPSA) is 90.4 Å². The van der Waals surface area contributed by atoms with Gasteiger partial charge < -0.3 is 20.2 Å². The van der Waals surface area contributed by atoms with Gasteiger partial charge in [-0.15, -0.1) is 0 Å². The van der Waals surface area contributed by atoms with Crippen molar-refractivity contribution in [1.82, 2.24) is 4.98 Å². The Labute approximate surface area is 104 Å². The van der Waals surface area contributed by atoms with Crippen molar-refractivity contribution < 1.29 is 13.9 Å². The molecule has 2 aromatic rings. The van der Waals surface area contributed by atoms with E-state index in [1.54, 1.807) is 24.3 Å². The highest BCUT2D eigenvalue weighted by Crippen LogP contribution is 2.17. The number of carbonyl (C=O) groups is 1. The number of anilines is 2. The van der Waals surface area contributed by atoms with Crippen molar-refractivity contribution in [2.45, 2.75) is 6.54 Å². The van der Waals surface area contributed by atoms with Crippen LogP contribution in [0.4, 0.5) is 11.7 Å². The summed E-state index contributed by atoms with van der Waals surface area (Å²) in [7, 11) is 1.34. The van der Waals surface area contributed by atoms with Crippen LogP contribution < -0.4 is 11.1 Å². The number of oxazole rings is 1. The predicted molar refractivity (Wildman–Crippen MR) is 65.5 cm³/mol. The maximum Gasteiger partial charge on any atom is 0.337 e. The largest absolute Gasteiger partial charge is 0.465 e. The average Bonchev–Trinajstić information content (AvgIpc) is 2.86. The number of nitrogens with one attached hydrogen (secondary N) is 1. The molecule has 1 aromatic heterocycles. The van der Waals surface area contributed by atoms with Gasteiger partial charge in [-0.05, 0) is 18.2 Å². The highest BCUT2D eigenvalue weighted by molar-refractivity contribution is 5.90. The molecule has 0 aliphatic heterocycles. The van der Waals surface area contributed by atoms with Crippen LogP contribution in [0.25, 0.3) is 0 Å². The third kappa shape index (κ3) is 2.67. The Bertz CT molecular complexity index is 551. The summed E-state index contributed by atoms with van der Waals surface area (Å²) in [4.78, 5) is 15.5. The van der Waals surface area contributed by atoms with Crippen molar-refractivity contribution in [3.63, 3.8) is 0 Å². The smallest absolute Gasteiger partial charge is 0.337 e. The summed E-state index contributed by atoms with van der Waals surface area (Å²) in [5.74, 6) is -0.395. The number of esters is 1. The highest BCUT2D eigenvalue weighted by atomic mass is 16.5. The lowest BCUT2D eigenvalue weighted by Gasteiger charge is -2.03. The fourth-order valence-corrected chi connectivity index (χ4v) is 1.42. The van der Waals surface area contributed by atoms with E-state index in [1.807, 2.05) is 0 Å². The molecule has 0 saturated carbocycles. The Balaban J connectivity index is 2.16. The molecule has 0 saturated heterocycles. The van der Waals surface area contributed by atoms with Crippen LogP contribution in [0.5, 0.6) is 0 Å². The first-order valence-electron chi connectivity index (χ1n) is 5.33. The van der Waals surface area contributed by atoms with E-state index in [0.29, 0.717) is 29.5 Å². The SMILES string of the molecule is COC(=O)c1cccc(Nc2nc(CN)co2)c1. The Kier molecular flexibility index (Phi) is 3.59. The van der Waals surface area contributed by atoms with Crippen LogP contribution in [0.3, 0.4) is 0 Å². The van der Waals surface area contributed by atoms with Gasteiger partial charge >= 0.3 is 5.97 Å². The second kappa shape index (κ2) is 5.33. The number of hydrogen-bond donors (Lipinski definition) is 2. The maximum atomic E-state index is 11.4. The van der Waals surface area contributed by atoms with Crippen molar-refractivity contribution in [1.29, 1.82) is 0 Å². The van der Waals surface area contributed by atoms with Crippen LogP contribution in [0, 0.1) is 0 Å². The van der Waals surface area contributed by atoms with E-state index in [4.69, 9.17) is 10.2 Å². The number of hydrogen-bond acceptors (Lipinski definition) is 6. The molecule has 0 radical (unpaired) electrons. The van der Waals surface area contributed by atoms with Crippen LogP contribution in [0.15, 0.2) is 34.9 Å². The maximum absolute atomic E-state index is 11.4. The molecule has 0 spiro atoms. The number of nitrogens with two attached hydrogens (primary N) is 1. The molecule has 6 heteroatoms. The van der Waals surface area contributed by atoms with Crippen LogP contribution in [-0.2, 0) is 11.3 Å². The molecule has 2 rings (SSSR count). The molecule has 0 amide bonds. The Morgan fingerprint density at radius 2 is 2.39 bits per heavy atom. The minimum Gasteiger partial charge on any atom is -0.465 e. The first-order valence-corrected chi connectivity index (χ1v) is 5.33. The highest BCUT2D eigenvalue weighted by Gasteiger charge is 2.07. The van der Waals surface area contributed by atoms with Crippen LogP contribution >= 0.6 is 0 Å². The summed E-state index contributed by atoms with van der Waals surface area (Å²) in [5.41, 5.74) is 7.22. The third-order valence-corrected chi connectivity index (χ3v) is 2.30. The lowest BCUT2D eigenvalue weighted by molar-refractivity contribution is 0.0601. The molecule has 1 heterocycles. The summed E-state index contributed by atoms with van der Waals surface area (Å²) < 4.78 is 9.81. The molecular formula is C12H13N3O3. The van der Waals surface area contributed by atoms with E-state index < -0.39 is 5.97 Å². The van der Waals surface area contributed by atoms with Gasteiger partial charge in [-0.2, -0.15) is 4.98 Å². The van der Waals surface area contributed by atoms with Gasteiger partial charge in [0.2, 0.25) is 0 Å². The van der Waals surface area contributed by atoms with Gasteiger partial charge in [0, 0.05) is 12.2 Å². The first kappa shape index (κ1) is 12.1. The lowest BCUT2D eigenvalue weighted by Crippen LogP contribution is -2.02. The van der Waals surface area contributed by atoms with Gasteiger partial charge in [-0.1, -0.05) is 6.07 Å². The number of benzene rings is 1. The van der Waals surface area contributed by atoms with E-state index in [2.05, 4.69) is 15.0 Å². The van der Waals surface area contributed by atoms with Gasteiger partial charge in [0.05, 0.1) is 18.4 Å². The van der Waals surface area contributed by atoms with Crippen molar-refractivity contribution >= 4 is 17.7 Å². The molecule has 0 unspecified atom stereocenters. The number of carbonyl (C=O) groups excluding carboxylic acids is 1. The van der Waals surface area contributed by atoms with Crippen LogP contribution in [0.2, 0.25) is 0 Å². The Hall–Kier alpha value is -2.34. The normalized spacial score (nSPS) is 10.1. The summed E-state index contributed by atoms with van der Waals surface area (Å²) in [6.45, 7) is 0.313. The minimum absolute atomic E-state index is 0.313. The zero-order valence-electron chi connectivity index (χ0n) is 9.84. The molecule has 1 aromatic carbocycles.